The number of ketones is 1. The second-order valence-electron chi connectivity index (χ2n) is 6.26. The SMILES string of the molecule is CCCCC[C@@H](/C=C/C1=C(C)C(=O)CC1)OCc1ccccc1. The van der Waals surface area contributed by atoms with Crippen LogP contribution in [0, 0.1) is 0 Å². The van der Waals surface area contributed by atoms with Crippen molar-refractivity contribution in [1.29, 1.82) is 0 Å². The molecule has 0 N–H and O–H groups in total. The zero-order valence-corrected chi connectivity index (χ0v) is 14.4. The van der Waals surface area contributed by atoms with Crippen molar-refractivity contribution in [2.45, 2.75) is 65.1 Å². The maximum absolute atomic E-state index is 11.6. The van der Waals surface area contributed by atoms with E-state index in [1.54, 1.807) is 0 Å². The Labute approximate surface area is 140 Å². The summed E-state index contributed by atoms with van der Waals surface area (Å²) >= 11 is 0. The van der Waals surface area contributed by atoms with E-state index in [1.165, 1.54) is 30.4 Å². The number of carbonyl (C=O) groups is 1. The monoisotopic (exact) mass is 312 g/mol. The van der Waals surface area contributed by atoms with Gasteiger partial charge >= 0.3 is 0 Å². The van der Waals surface area contributed by atoms with Crippen molar-refractivity contribution in [2.24, 2.45) is 0 Å². The minimum absolute atomic E-state index is 0.123. The fourth-order valence-electron chi connectivity index (χ4n) is 2.84. The molecule has 1 aromatic rings. The summed E-state index contributed by atoms with van der Waals surface area (Å²) in [6.45, 7) is 4.79. The molecule has 2 nitrogen and oxygen atoms in total. The van der Waals surface area contributed by atoms with E-state index in [2.05, 4.69) is 31.2 Å². The van der Waals surface area contributed by atoms with Crippen LogP contribution in [0.5, 0.6) is 0 Å². The van der Waals surface area contributed by atoms with Crippen molar-refractivity contribution in [3.8, 4) is 0 Å². The second-order valence-corrected chi connectivity index (χ2v) is 6.26. The minimum atomic E-state index is 0.123. The summed E-state index contributed by atoms with van der Waals surface area (Å²) in [5, 5.41) is 0. The Hall–Kier alpha value is -1.67. The average Bonchev–Trinajstić information content (AvgIpc) is 2.90. The molecule has 0 amide bonds. The number of hydrogen-bond acceptors (Lipinski definition) is 2. The first-order valence-corrected chi connectivity index (χ1v) is 8.77. The van der Waals surface area contributed by atoms with Gasteiger partial charge < -0.3 is 4.74 Å². The largest absolute Gasteiger partial charge is 0.369 e. The molecule has 0 heterocycles. The first-order valence-electron chi connectivity index (χ1n) is 8.77. The summed E-state index contributed by atoms with van der Waals surface area (Å²) in [5.41, 5.74) is 3.31. The normalized spacial score (nSPS) is 16.5. The van der Waals surface area contributed by atoms with Crippen LogP contribution in [-0.4, -0.2) is 11.9 Å². The van der Waals surface area contributed by atoms with Crippen molar-refractivity contribution in [3.05, 3.63) is 59.2 Å². The van der Waals surface area contributed by atoms with Gasteiger partial charge in [0.2, 0.25) is 0 Å². The van der Waals surface area contributed by atoms with E-state index in [0.717, 1.165) is 18.4 Å². The van der Waals surface area contributed by atoms with E-state index in [4.69, 9.17) is 4.74 Å². The third-order valence-corrected chi connectivity index (χ3v) is 4.43. The van der Waals surface area contributed by atoms with Crippen molar-refractivity contribution >= 4 is 5.78 Å². The molecule has 0 aromatic heterocycles. The van der Waals surface area contributed by atoms with E-state index in [0.29, 0.717) is 13.0 Å². The molecule has 124 valence electrons. The molecule has 1 atom stereocenters. The summed E-state index contributed by atoms with van der Waals surface area (Å²) < 4.78 is 6.10. The van der Waals surface area contributed by atoms with Gasteiger partial charge in [-0.05, 0) is 36.5 Å². The van der Waals surface area contributed by atoms with Crippen LogP contribution >= 0.6 is 0 Å². The van der Waals surface area contributed by atoms with Gasteiger partial charge in [0.25, 0.3) is 0 Å². The Bertz CT molecular complexity index is 554. The van der Waals surface area contributed by atoms with Crippen LogP contribution in [0.2, 0.25) is 0 Å². The molecule has 0 fully saturated rings. The van der Waals surface area contributed by atoms with Crippen LogP contribution in [0.4, 0.5) is 0 Å². The number of carbonyl (C=O) groups excluding carboxylic acids is 1. The van der Waals surface area contributed by atoms with Gasteiger partial charge in [-0.15, -0.1) is 0 Å². The highest BCUT2D eigenvalue weighted by Crippen LogP contribution is 2.24. The molecule has 0 radical (unpaired) electrons. The number of unbranched alkanes of at least 4 members (excludes halogenated alkanes) is 2. The Balaban J connectivity index is 1.94. The average molecular weight is 312 g/mol. The molecule has 0 saturated carbocycles. The van der Waals surface area contributed by atoms with Gasteiger partial charge in [0.05, 0.1) is 12.7 Å². The predicted octanol–water partition coefficient (Wildman–Crippen LogP) is 5.39. The van der Waals surface area contributed by atoms with Crippen LogP contribution in [0.1, 0.15) is 57.9 Å². The molecule has 0 aliphatic heterocycles. The third-order valence-electron chi connectivity index (χ3n) is 4.43. The van der Waals surface area contributed by atoms with E-state index in [-0.39, 0.29) is 11.9 Å². The molecular weight excluding hydrogens is 284 g/mol. The lowest BCUT2D eigenvalue weighted by Gasteiger charge is -2.14. The number of ether oxygens (including phenoxy) is 1. The van der Waals surface area contributed by atoms with Gasteiger partial charge in [0.1, 0.15) is 0 Å². The number of rotatable bonds is 9. The topological polar surface area (TPSA) is 26.3 Å². The zero-order chi connectivity index (χ0) is 16.5. The Morgan fingerprint density at radius 1 is 1.17 bits per heavy atom. The van der Waals surface area contributed by atoms with E-state index in [1.807, 2.05) is 25.1 Å². The molecule has 1 aliphatic rings. The molecule has 1 aliphatic carbocycles. The third kappa shape index (κ3) is 5.80. The maximum Gasteiger partial charge on any atom is 0.159 e. The molecule has 0 unspecified atom stereocenters. The molecule has 23 heavy (non-hydrogen) atoms. The highest BCUT2D eigenvalue weighted by Gasteiger charge is 2.17. The molecule has 0 saturated heterocycles. The van der Waals surface area contributed by atoms with Gasteiger partial charge in [-0.2, -0.15) is 0 Å². The quantitative estimate of drug-likeness (QED) is 0.572. The van der Waals surface area contributed by atoms with Crippen LogP contribution in [0.3, 0.4) is 0 Å². The summed E-state index contributed by atoms with van der Waals surface area (Å²) in [6.07, 6.45) is 10.6. The van der Waals surface area contributed by atoms with Crippen molar-refractivity contribution in [1.82, 2.24) is 0 Å². The Kier molecular flexibility index (Phi) is 7.28. The van der Waals surface area contributed by atoms with Crippen LogP contribution in [-0.2, 0) is 16.1 Å². The predicted molar refractivity (Wildman–Crippen MR) is 95.2 cm³/mol. The molecule has 0 bridgehead atoms. The van der Waals surface area contributed by atoms with Crippen LogP contribution in [0.15, 0.2) is 53.6 Å². The van der Waals surface area contributed by atoms with Gasteiger partial charge in [-0.3, -0.25) is 4.79 Å². The summed E-state index contributed by atoms with van der Waals surface area (Å²) in [6, 6.07) is 10.3. The first kappa shape index (κ1) is 17.7. The van der Waals surface area contributed by atoms with Crippen molar-refractivity contribution in [3.63, 3.8) is 0 Å². The van der Waals surface area contributed by atoms with Crippen molar-refractivity contribution < 1.29 is 9.53 Å². The highest BCUT2D eigenvalue weighted by molar-refractivity contribution is 5.98. The maximum atomic E-state index is 11.6. The summed E-state index contributed by atoms with van der Waals surface area (Å²) in [4.78, 5) is 11.6. The lowest BCUT2D eigenvalue weighted by molar-refractivity contribution is -0.114. The molecular formula is C21H28O2. The van der Waals surface area contributed by atoms with E-state index in [9.17, 15) is 4.79 Å². The number of benzene rings is 1. The summed E-state index contributed by atoms with van der Waals surface area (Å²) in [5.74, 6) is 0.289. The number of Topliss-reactive ketones (excluding diaryl/α,β-unsaturated/α-hetero) is 1. The number of allylic oxidation sites excluding steroid dienone is 3. The van der Waals surface area contributed by atoms with E-state index >= 15 is 0 Å². The van der Waals surface area contributed by atoms with Crippen LogP contribution in [0.25, 0.3) is 0 Å². The molecule has 1 aromatic carbocycles. The molecule has 2 rings (SSSR count). The van der Waals surface area contributed by atoms with E-state index < -0.39 is 0 Å². The lowest BCUT2D eigenvalue weighted by atomic mass is 10.1. The smallest absolute Gasteiger partial charge is 0.159 e. The minimum Gasteiger partial charge on any atom is -0.369 e. The van der Waals surface area contributed by atoms with Crippen molar-refractivity contribution in [2.75, 3.05) is 0 Å². The first-order chi connectivity index (χ1) is 11.2. The van der Waals surface area contributed by atoms with Gasteiger partial charge in [-0.1, -0.05) is 68.7 Å². The fraction of sp³-hybridized carbons (Fsp3) is 0.476. The standard InChI is InChI=1S/C21H28O2/c1-3-4-6-11-20(23-16-18-9-7-5-8-10-18)14-12-19-13-15-21(22)17(19)2/h5,7-10,12,14,20H,3-4,6,11,13,15-16H2,1-2H3/b14-12+/t20-/m0/s1. The Morgan fingerprint density at radius 3 is 2.61 bits per heavy atom. The highest BCUT2D eigenvalue weighted by atomic mass is 16.5. The van der Waals surface area contributed by atoms with Gasteiger partial charge in [0.15, 0.2) is 5.78 Å². The lowest BCUT2D eigenvalue weighted by Crippen LogP contribution is -2.10. The zero-order valence-electron chi connectivity index (χ0n) is 14.4. The van der Waals surface area contributed by atoms with Crippen LogP contribution < -0.4 is 0 Å². The molecule has 2 heteroatoms. The fourth-order valence-corrected chi connectivity index (χ4v) is 2.84. The van der Waals surface area contributed by atoms with Gasteiger partial charge in [-0.25, -0.2) is 0 Å². The second kappa shape index (κ2) is 9.46. The summed E-state index contributed by atoms with van der Waals surface area (Å²) in [7, 11) is 0. The van der Waals surface area contributed by atoms with Gasteiger partial charge in [0, 0.05) is 6.42 Å². The number of hydrogen-bond donors (Lipinski definition) is 0. The molecule has 0 spiro atoms. The Morgan fingerprint density at radius 2 is 1.96 bits per heavy atom.